The van der Waals surface area contributed by atoms with Crippen molar-refractivity contribution in [3.05, 3.63) is 36.0 Å². The molecule has 1 aromatic heterocycles. The van der Waals surface area contributed by atoms with Crippen molar-refractivity contribution in [1.82, 2.24) is 14.4 Å². The summed E-state index contributed by atoms with van der Waals surface area (Å²) in [7, 11) is 4.05. The molecule has 0 radical (unpaired) electrons. The molecule has 0 N–H and O–H groups in total. The molecule has 1 aromatic carbocycles. The topological polar surface area (TPSA) is 28.5 Å². The summed E-state index contributed by atoms with van der Waals surface area (Å²) in [4.78, 5) is 17.6. The molecule has 2 unspecified atom stereocenters. The number of piperidine rings is 2. The molecule has 140 valence electrons. The summed E-state index contributed by atoms with van der Waals surface area (Å²) in [5.74, 6) is 0.889. The molecular weight excluding hydrogens is 322 g/mol. The second-order valence-corrected chi connectivity index (χ2v) is 8.23. The molecule has 2 aliphatic heterocycles. The fourth-order valence-electron chi connectivity index (χ4n) is 5.11. The lowest BCUT2D eigenvalue weighted by molar-refractivity contribution is -0.130. The fraction of sp³-hybridized carbons (Fsp3) is 0.591. The Bertz CT molecular complexity index is 779. The van der Waals surface area contributed by atoms with Crippen LogP contribution in [0, 0.1) is 5.92 Å². The van der Waals surface area contributed by atoms with Gasteiger partial charge >= 0.3 is 0 Å². The smallest absolute Gasteiger partial charge is 0.226 e. The lowest BCUT2D eigenvalue weighted by atomic mass is 9.83. The molecule has 4 nitrogen and oxygen atoms in total. The van der Waals surface area contributed by atoms with Gasteiger partial charge in [-0.25, -0.2) is 0 Å². The second kappa shape index (κ2) is 7.43. The molecular formula is C22H31N3O. The molecule has 2 saturated heterocycles. The molecule has 2 fully saturated rings. The maximum absolute atomic E-state index is 12.9. The van der Waals surface area contributed by atoms with Crippen LogP contribution in [-0.4, -0.2) is 53.0 Å². The van der Waals surface area contributed by atoms with Crippen LogP contribution in [0.4, 0.5) is 0 Å². The normalized spacial score (nSPS) is 23.8. The van der Waals surface area contributed by atoms with E-state index in [1.165, 1.54) is 56.1 Å². The van der Waals surface area contributed by atoms with Gasteiger partial charge in [-0.2, -0.15) is 0 Å². The van der Waals surface area contributed by atoms with Crippen molar-refractivity contribution in [2.45, 2.75) is 44.6 Å². The van der Waals surface area contributed by atoms with Crippen molar-refractivity contribution < 1.29 is 4.79 Å². The monoisotopic (exact) mass is 353 g/mol. The van der Waals surface area contributed by atoms with Crippen molar-refractivity contribution in [2.75, 3.05) is 26.7 Å². The van der Waals surface area contributed by atoms with Crippen LogP contribution < -0.4 is 0 Å². The number of para-hydroxylation sites is 1. The number of carbonyl (C=O) groups is 1. The number of amides is 1. The highest BCUT2D eigenvalue weighted by atomic mass is 16.2. The lowest BCUT2D eigenvalue weighted by Gasteiger charge is -2.45. The molecule has 0 aliphatic carbocycles. The highest BCUT2D eigenvalue weighted by Crippen LogP contribution is 2.31. The third-order valence-corrected chi connectivity index (χ3v) is 6.48. The first kappa shape index (κ1) is 17.6. The predicted molar refractivity (Wildman–Crippen MR) is 106 cm³/mol. The van der Waals surface area contributed by atoms with Crippen LogP contribution in [0.3, 0.4) is 0 Å². The van der Waals surface area contributed by atoms with Gasteiger partial charge in [0, 0.05) is 43.8 Å². The number of rotatable bonds is 4. The van der Waals surface area contributed by atoms with Gasteiger partial charge in [0.05, 0.1) is 6.42 Å². The zero-order chi connectivity index (χ0) is 18.1. The maximum atomic E-state index is 12.9. The number of likely N-dealkylation sites (N-methyl/N-ethyl adjacent to an activating group) is 1. The van der Waals surface area contributed by atoms with Crippen molar-refractivity contribution in [2.24, 2.45) is 13.0 Å². The lowest BCUT2D eigenvalue weighted by Crippen LogP contribution is -2.51. The van der Waals surface area contributed by atoms with Crippen LogP contribution in [0.1, 0.15) is 37.7 Å². The molecule has 0 saturated carbocycles. The Labute approximate surface area is 156 Å². The molecule has 2 atom stereocenters. The quantitative estimate of drug-likeness (QED) is 0.842. The van der Waals surface area contributed by atoms with Gasteiger partial charge in [0.25, 0.3) is 0 Å². The molecule has 3 heterocycles. The number of hydrogen-bond donors (Lipinski definition) is 0. The van der Waals surface area contributed by atoms with Crippen molar-refractivity contribution in [1.29, 1.82) is 0 Å². The minimum Gasteiger partial charge on any atom is -0.350 e. The molecule has 1 amide bonds. The first-order valence-electron chi connectivity index (χ1n) is 10.1. The van der Waals surface area contributed by atoms with E-state index in [4.69, 9.17) is 0 Å². The highest BCUT2D eigenvalue weighted by molar-refractivity contribution is 5.89. The van der Waals surface area contributed by atoms with Crippen LogP contribution in [0.15, 0.2) is 30.5 Å². The summed E-state index contributed by atoms with van der Waals surface area (Å²) in [6.07, 6.45) is 9.18. The molecule has 2 aromatic rings. The zero-order valence-corrected chi connectivity index (χ0v) is 16.2. The van der Waals surface area contributed by atoms with Gasteiger partial charge in [-0.15, -0.1) is 0 Å². The maximum Gasteiger partial charge on any atom is 0.226 e. The summed E-state index contributed by atoms with van der Waals surface area (Å²) >= 11 is 0. The van der Waals surface area contributed by atoms with Gasteiger partial charge in [-0.3, -0.25) is 4.79 Å². The van der Waals surface area contributed by atoms with E-state index in [1.807, 2.05) is 11.9 Å². The number of nitrogens with zero attached hydrogens (tertiary/aromatic N) is 3. The number of carbonyl (C=O) groups excluding carboxylic acids is 1. The number of fused-ring (bicyclic) bond motifs is 2. The standard InChI is InChI=1S/C22H31N3O/c1-23-16-18(19-9-3-4-11-21(19)23)14-22(26)24(2)15-17-8-7-13-25-12-6-5-10-20(17)25/h3-4,9,11,16-17,20H,5-8,10,12-15H2,1-2H3. The van der Waals surface area contributed by atoms with E-state index in [1.54, 1.807) is 0 Å². The number of aromatic nitrogens is 1. The second-order valence-electron chi connectivity index (χ2n) is 8.23. The summed E-state index contributed by atoms with van der Waals surface area (Å²) in [6, 6.07) is 9.05. The van der Waals surface area contributed by atoms with Gasteiger partial charge in [0.2, 0.25) is 5.91 Å². The van der Waals surface area contributed by atoms with Crippen LogP contribution in [0.25, 0.3) is 10.9 Å². The Balaban J connectivity index is 1.42. The molecule has 2 aliphatic rings. The summed E-state index contributed by atoms with van der Waals surface area (Å²) in [6.45, 7) is 3.43. The van der Waals surface area contributed by atoms with Crippen molar-refractivity contribution in [3.63, 3.8) is 0 Å². The minimum absolute atomic E-state index is 0.245. The summed E-state index contributed by atoms with van der Waals surface area (Å²) < 4.78 is 2.12. The number of hydrogen-bond acceptors (Lipinski definition) is 2. The van der Waals surface area contributed by atoms with Gasteiger partial charge < -0.3 is 14.4 Å². The predicted octanol–water partition coefficient (Wildman–Crippen LogP) is 3.44. The molecule has 4 heteroatoms. The van der Waals surface area contributed by atoms with E-state index in [9.17, 15) is 4.79 Å². The Morgan fingerprint density at radius 1 is 1.15 bits per heavy atom. The Morgan fingerprint density at radius 3 is 2.85 bits per heavy atom. The van der Waals surface area contributed by atoms with Gasteiger partial charge in [0.1, 0.15) is 0 Å². The van der Waals surface area contributed by atoms with Crippen LogP contribution in [-0.2, 0) is 18.3 Å². The van der Waals surface area contributed by atoms with E-state index in [0.717, 1.165) is 12.1 Å². The molecule has 26 heavy (non-hydrogen) atoms. The SMILES string of the molecule is CN(CC1CCCN2CCCCC12)C(=O)Cc1cn(C)c2ccccc12. The zero-order valence-electron chi connectivity index (χ0n) is 16.2. The number of aryl methyl sites for hydroxylation is 1. The largest absolute Gasteiger partial charge is 0.350 e. The van der Waals surface area contributed by atoms with Crippen molar-refractivity contribution >= 4 is 16.8 Å². The first-order valence-corrected chi connectivity index (χ1v) is 10.1. The average molecular weight is 354 g/mol. The summed E-state index contributed by atoms with van der Waals surface area (Å²) in [5.41, 5.74) is 2.34. The first-order chi connectivity index (χ1) is 12.6. The Morgan fingerprint density at radius 2 is 1.96 bits per heavy atom. The average Bonchev–Trinajstić information content (AvgIpc) is 2.98. The van der Waals surface area contributed by atoms with Gasteiger partial charge in [-0.05, 0) is 56.3 Å². The van der Waals surface area contributed by atoms with E-state index in [-0.39, 0.29) is 5.91 Å². The fourth-order valence-corrected chi connectivity index (χ4v) is 5.11. The van der Waals surface area contributed by atoms with Crippen molar-refractivity contribution in [3.8, 4) is 0 Å². The van der Waals surface area contributed by atoms with Crippen LogP contribution in [0.2, 0.25) is 0 Å². The minimum atomic E-state index is 0.245. The van der Waals surface area contributed by atoms with E-state index >= 15 is 0 Å². The van der Waals surface area contributed by atoms with E-state index < -0.39 is 0 Å². The molecule has 4 rings (SSSR count). The van der Waals surface area contributed by atoms with Gasteiger partial charge in [-0.1, -0.05) is 24.6 Å². The number of benzene rings is 1. The Hall–Kier alpha value is -1.81. The molecule has 0 bridgehead atoms. The third kappa shape index (κ3) is 3.39. The van der Waals surface area contributed by atoms with E-state index in [0.29, 0.717) is 18.4 Å². The van der Waals surface area contributed by atoms with Gasteiger partial charge in [0.15, 0.2) is 0 Å². The van der Waals surface area contributed by atoms with Crippen LogP contribution >= 0.6 is 0 Å². The highest BCUT2D eigenvalue weighted by Gasteiger charge is 2.34. The van der Waals surface area contributed by atoms with E-state index in [2.05, 4.69) is 47.0 Å². The summed E-state index contributed by atoms with van der Waals surface area (Å²) in [5, 5.41) is 1.20. The van der Waals surface area contributed by atoms with Crippen LogP contribution in [0.5, 0.6) is 0 Å². The third-order valence-electron chi connectivity index (χ3n) is 6.48. The Kier molecular flexibility index (Phi) is 5.03. The molecule has 0 spiro atoms.